The van der Waals surface area contributed by atoms with Crippen LogP contribution < -0.4 is 5.32 Å². The Hall–Kier alpha value is -1.57. The number of anilines is 1. The monoisotopic (exact) mass is 254 g/mol. The van der Waals surface area contributed by atoms with Gasteiger partial charge in [-0.05, 0) is 42.5 Å². The summed E-state index contributed by atoms with van der Waals surface area (Å²) in [7, 11) is 0. The standard InChI is InChI=1S/C17H22N2/c1-12-5-3-7-16(13(12)2)19-15-8-9-17-14(11-15)6-4-10-18-17/h4,6,8-13,16,19H,3,5,7H2,1-2H3. The van der Waals surface area contributed by atoms with Gasteiger partial charge in [0.1, 0.15) is 0 Å². The Balaban J connectivity index is 1.81. The van der Waals surface area contributed by atoms with E-state index in [9.17, 15) is 0 Å². The van der Waals surface area contributed by atoms with E-state index in [4.69, 9.17) is 0 Å². The minimum atomic E-state index is 0.609. The van der Waals surface area contributed by atoms with Crippen LogP contribution in [-0.2, 0) is 0 Å². The van der Waals surface area contributed by atoms with Gasteiger partial charge in [0.05, 0.1) is 5.52 Å². The third-order valence-corrected chi connectivity index (χ3v) is 4.66. The molecule has 0 bridgehead atoms. The number of hydrogen-bond donors (Lipinski definition) is 1. The van der Waals surface area contributed by atoms with Gasteiger partial charge in [0.15, 0.2) is 0 Å². The molecule has 2 aromatic rings. The van der Waals surface area contributed by atoms with E-state index in [1.807, 2.05) is 12.3 Å². The minimum absolute atomic E-state index is 0.609. The molecule has 2 nitrogen and oxygen atoms in total. The van der Waals surface area contributed by atoms with Gasteiger partial charge in [-0.25, -0.2) is 0 Å². The first-order valence-corrected chi connectivity index (χ1v) is 7.35. The quantitative estimate of drug-likeness (QED) is 0.855. The molecule has 3 unspecified atom stereocenters. The van der Waals surface area contributed by atoms with Crippen molar-refractivity contribution in [2.24, 2.45) is 11.8 Å². The largest absolute Gasteiger partial charge is 0.382 e. The fourth-order valence-electron chi connectivity index (χ4n) is 3.17. The van der Waals surface area contributed by atoms with Crippen molar-refractivity contribution in [1.29, 1.82) is 0 Å². The van der Waals surface area contributed by atoms with Crippen LogP contribution in [0.5, 0.6) is 0 Å². The van der Waals surface area contributed by atoms with Crippen LogP contribution in [-0.4, -0.2) is 11.0 Å². The van der Waals surface area contributed by atoms with Gasteiger partial charge in [-0.1, -0.05) is 32.8 Å². The lowest BCUT2D eigenvalue weighted by atomic mass is 9.78. The predicted octanol–water partition coefficient (Wildman–Crippen LogP) is 4.47. The maximum absolute atomic E-state index is 4.37. The van der Waals surface area contributed by atoms with Crippen molar-refractivity contribution in [1.82, 2.24) is 4.98 Å². The molecule has 0 radical (unpaired) electrons. The number of rotatable bonds is 2. The Morgan fingerprint density at radius 2 is 2.05 bits per heavy atom. The second-order valence-electron chi connectivity index (χ2n) is 5.93. The zero-order chi connectivity index (χ0) is 13.2. The van der Waals surface area contributed by atoms with Gasteiger partial charge in [-0.2, -0.15) is 0 Å². The van der Waals surface area contributed by atoms with E-state index in [0.29, 0.717) is 6.04 Å². The fourth-order valence-corrected chi connectivity index (χ4v) is 3.17. The number of fused-ring (bicyclic) bond motifs is 1. The van der Waals surface area contributed by atoms with Gasteiger partial charge in [0, 0.05) is 23.3 Å². The molecule has 1 fully saturated rings. The molecule has 1 saturated carbocycles. The zero-order valence-corrected chi connectivity index (χ0v) is 11.8. The number of hydrogen-bond acceptors (Lipinski definition) is 2. The Bertz CT molecular complexity index is 564. The number of nitrogens with one attached hydrogen (secondary N) is 1. The average Bonchev–Trinajstić information content (AvgIpc) is 2.44. The fraction of sp³-hybridized carbons (Fsp3) is 0.471. The topological polar surface area (TPSA) is 24.9 Å². The van der Waals surface area contributed by atoms with Crippen LogP contribution in [0.4, 0.5) is 5.69 Å². The van der Waals surface area contributed by atoms with Crippen LogP contribution in [0.1, 0.15) is 33.1 Å². The highest BCUT2D eigenvalue weighted by Crippen LogP contribution is 2.32. The van der Waals surface area contributed by atoms with Crippen molar-refractivity contribution >= 4 is 16.6 Å². The highest BCUT2D eigenvalue weighted by molar-refractivity contribution is 5.82. The molecule has 0 aliphatic heterocycles. The summed E-state index contributed by atoms with van der Waals surface area (Å²) in [6, 6.07) is 11.2. The third kappa shape index (κ3) is 2.58. The lowest BCUT2D eigenvalue weighted by molar-refractivity contribution is 0.253. The van der Waals surface area contributed by atoms with Gasteiger partial charge in [-0.15, -0.1) is 0 Å². The van der Waals surface area contributed by atoms with Gasteiger partial charge in [0.25, 0.3) is 0 Å². The van der Waals surface area contributed by atoms with Gasteiger partial charge in [0.2, 0.25) is 0 Å². The molecule has 1 N–H and O–H groups in total. The summed E-state index contributed by atoms with van der Waals surface area (Å²) in [6.07, 6.45) is 5.86. The molecule has 1 aromatic heterocycles. The summed E-state index contributed by atoms with van der Waals surface area (Å²) in [5.74, 6) is 1.58. The van der Waals surface area contributed by atoms with E-state index in [1.165, 1.54) is 30.3 Å². The summed E-state index contributed by atoms with van der Waals surface area (Å²) < 4.78 is 0. The molecule has 3 rings (SSSR count). The first kappa shape index (κ1) is 12.5. The lowest BCUT2D eigenvalue weighted by Crippen LogP contribution is -2.34. The molecule has 1 aliphatic rings. The lowest BCUT2D eigenvalue weighted by Gasteiger charge is -2.35. The molecule has 3 atom stereocenters. The summed E-state index contributed by atoms with van der Waals surface area (Å²) in [6.45, 7) is 4.76. The van der Waals surface area contributed by atoms with Crippen molar-refractivity contribution < 1.29 is 0 Å². The number of pyridine rings is 1. The molecule has 2 heteroatoms. The van der Waals surface area contributed by atoms with E-state index in [-0.39, 0.29) is 0 Å². The highest BCUT2D eigenvalue weighted by Gasteiger charge is 2.26. The van der Waals surface area contributed by atoms with Crippen LogP contribution in [0.15, 0.2) is 36.5 Å². The summed E-state index contributed by atoms with van der Waals surface area (Å²) in [5, 5.41) is 4.94. The van der Waals surface area contributed by atoms with E-state index >= 15 is 0 Å². The van der Waals surface area contributed by atoms with Crippen molar-refractivity contribution in [2.75, 3.05) is 5.32 Å². The Labute approximate surface area is 115 Å². The van der Waals surface area contributed by atoms with E-state index < -0.39 is 0 Å². The molecule has 19 heavy (non-hydrogen) atoms. The second kappa shape index (κ2) is 5.20. The number of aromatic nitrogens is 1. The van der Waals surface area contributed by atoms with Crippen molar-refractivity contribution in [3.05, 3.63) is 36.5 Å². The summed E-state index contributed by atoms with van der Waals surface area (Å²) in [4.78, 5) is 4.37. The normalized spacial score (nSPS) is 27.4. The minimum Gasteiger partial charge on any atom is -0.382 e. The molecular weight excluding hydrogens is 232 g/mol. The molecule has 1 aromatic carbocycles. The maximum Gasteiger partial charge on any atom is 0.0703 e. The van der Waals surface area contributed by atoms with E-state index in [0.717, 1.165) is 17.4 Å². The first-order chi connectivity index (χ1) is 9.24. The van der Waals surface area contributed by atoms with Gasteiger partial charge >= 0.3 is 0 Å². The number of nitrogens with zero attached hydrogens (tertiary/aromatic N) is 1. The Kier molecular flexibility index (Phi) is 3.41. The summed E-state index contributed by atoms with van der Waals surface area (Å²) >= 11 is 0. The van der Waals surface area contributed by atoms with Crippen molar-refractivity contribution in [3.63, 3.8) is 0 Å². The smallest absolute Gasteiger partial charge is 0.0703 e. The maximum atomic E-state index is 4.37. The zero-order valence-electron chi connectivity index (χ0n) is 11.8. The molecule has 100 valence electrons. The Morgan fingerprint density at radius 3 is 2.95 bits per heavy atom. The molecule has 0 spiro atoms. The van der Waals surface area contributed by atoms with Gasteiger partial charge < -0.3 is 5.32 Å². The highest BCUT2D eigenvalue weighted by atomic mass is 14.9. The van der Waals surface area contributed by atoms with Gasteiger partial charge in [-0.3, -0.25) is 4.98 Å². The predicted molar refractivity (Wildman–Crippen MR) is 81.3 cm³/mol. The molecule has 0 amide bonds. The Morgan fingerprint density at radius 1 is 1.16 bits per heavy atom. The molecule has 1 aliphatic carbocycles. The average molecular weight is 254 g/mol. The molecule has 0 saturated heterocycles. The van der Waals surface area contributed by atoms with E-state index in [2.05, 4.69) is 48.4 Å². The van der Waals surface area contributed by atoms with Crippen LogP contribution >= 0.6 is 0 Å². The first-order valence-electron chi connectivity index (χ1n) is 7.35. The van der Waals surface area contributed by atoms with Crippen LogP contribution in [0, 0.1) is 11.8 Å². The summed E-state index contributed by atoms with van der Waals surface area (Å²) in [5.41, 5.74) is 2.30. The molecular formula is C17H22N2. The van der Waals surface area contributed by atoms with Crippen molar-refractivity contribution in [3.8, 4) is 0 Å². The van der Waals surface area contributed by atoms with Crippen molar-refractivity contribution in [2.45, 2.75) is 39.2 Å². The van der Waals surface area contributed by atoms with Crippen LogP contribution in [0.2, 0.25) is 0 Å². The number of benzene rings is 1. The van der Waals surface area contributed by atoms with E-state index in [1.54, 1.807) is 0 Å². The third-order valence-electron chi connectivity index (χ3n) is 4.66. The SMILES string of the molecule is CC1CCCC(Nc2ccc3ncccc3c2)C1C. The molecule has 1 heterocycles. The van der Waals surface area contributed by atoms with Crippen LogP contribution in [0.25, 0.3) is 10.9 Å². The second-order valence-corrected chi connectivity index (χ2v) is 5.93. The van der Waals surface area contributed by atoms with Crippen LogP contribution in [0.3, 0.4) is 0 Å².